The number of piperazine rings is 1. The summed E-state index contributed by atoms with van der Waals surface area (Å²) in [4.78, 5) is 4.84. The fourth-order valence-corrected chi connectivity index (χ4v) is 2.82. The van der Waals surface area contributed by atoms with Crippen LogP contribution < -0.4 is 0 Å². The van der Waals surface area contributed by atoms with Crippen LogP contribution in [0.4, 0.5) is 0 Å². The largest absolute Gasteiger partial charge is 0.395 e. The van der Waals surface area contributed by atoms with Gasteiger partial charge in [0.2, 0.25) is 0 Å². The summed E-state index contributed by atoms with van der Waals surface area (Å²) in [7, 11) is 0. The van der Waals surface area contributed by atoms with Crippen molar-refractivity contribution in [3.8, 4) is 0 Å². The van der Waals surface area contributed by atoms with Crippen molar-refractivity contribution in [1.82, 2.24) is 9.80 Å². The Hall–Kier alpha value is -0.900. The third-order valence-corrected chi connectivity index (χ3v) is 3.95. The molecule has 112 valence electrons. The quantitative estimate of drug-likeness (QED) is 0.861. The molecule has 20 heavy (non-hydrogen) atoms. The van der Waals surface area contributed by atoms with Crippen molar-refractivity contribution in [3.63, 3.8) is 0 Å². The molecular formula is C17H28N2O. The molecule has 0 atom stereocenters. The van der Waals surface area contributed by atoms with Gasteiger partial charge in [-0.15, -0.1) is 0 Å². The number of β-amino-alcohol motifs (C(OH)–C–C–N with tert-alkyl or cyclic N) is 1. The Morgan fingerprint density at radius 3 is 2.05 bits per heavy atom. The van der Waals surface area contributed by atoms with E-state index in [1.165, 1.54) is 17.5 Å². The molecule has 1 aliphatic heterocycles. The molecule has 2 rings (SSSR count). The first-order valence-corrected chi connectivity index (χ1v) is 7.81. The third kappa shape index (κ3) is 4.89. The van der Waals surface area contributed by atoms with Gasteiger partial charge in [-0.25, -0.2) is 0 Å². The van der Waals surface area contributed by atoms with Gasteiger partial charge in [0.15, 0.2) is 0 Å². The molecule has 1 fully saturated rings. The number of rotatable bonds is 6. The maximum Gasteiger partial charge on any atom is 0.0558 e. The lowest BCUT2D eigenvalue weighted by atomic mass is 10.0. The highest BCUT2D eigenvalue weighted by Crippen LogP contribution is 2.12. The monoisotopic (exact) mass is 276 g/mol. The van der Waals surface area contributed by atoms with Crippen LogP contribution in [0.3, 0.4) is 0 Å². The van der Waals surface area contributed by atoms with Crippen LogP contribution in [0.25, 0.3) is 0 Å². The highest BCUT2D eigenvalue weighted by atomic mass is 16.3. The Bertz CT molecular complexity index is 380. The predicted octanol–water partition coefficient (Wildman–Crippen LogP) is 1.99. The van der Waals surface area contributed by atoms with Crippen LogP contribution in [0.1, 0.15) is 25.0 Å². The number of aliphatic hydroxyl groups is 1. The minimum absolute atomic E-state index is 0.275. The average molecular weight is 276 g/mol. The maximum atomic E-state index is 8.95. The van der Waals surface area contributed by atoms with Crippen molar-refractivity contribution in [2.45, 2.75) is 26.8 Å². The standard InChI is InChI=1S/C17H28N2O/c1-15(2)13-16-3-5-17(6-4-16)14-19-9-7-18(8-10-19)11-12-20/h3-6,15,20H,7-14H2,1-2H3. The normalized spacial score (nSPS) is 17.8. The van der Waals surface area contributed by atoms with Gasteiger partial charge in [0.25, 0.3) is 0 Å². The van der Waals surface area contributed by atoms with Crippen molar-refractivity contribution in [1.29, 1.82) is 0 Å². The molecule has 1 saturated heterocycles. The van der Waals surface area contributed by atoms with E-state index in [0.717, 1.165) is 45.2 Å². The Morgan fingerprint density at radius 2 is 1.50 bits per heavy atom. The molecule has 1 aromatic carbocycles. The fraction of sp³-hybridized carbons (Fsp3) is 0.647. The van der Waals surface area contributed by atoms with Crippen LogP contribution in [0.2, 0.25) is 0 Å². The minimum Gasteiger partial charge on any atom is -0.395 e. The summed E-state index contributed by atoms with van der Waals surface area (Å²) in [5.41, 5.74) is 2.85. The summed E-state index contributed by atoms with van der Waals surface area (Å²) in [6.45, 7) is 11.0. The van der Waals surface area contributed by atoms with Crippen molar-refractivity contribution in [2.75, 3.05) is 39.3 Å². The second kappa shape index (κ2) is 7.77. The molecule has 0 radical (unpaired) electrons. The first kappa shape index (κ1) is 15.5. The first-order chi connectivity index (χ1) is 9.67. The highest BCUT2D eigenvalue weighted by molar-refractivity contribution is 5.22. The number of benzene rings is 1. The second-order valence-electron chi connectivity index (χ2n) is 6.26. The Morgan fingerprint density at radius 1 is 0.950 bits per heavy atom. The molecule has 1 heterocycles. The van der Waals surface area contributed by atoms with Crippen LogP contribution in [0.15, 0.2) is 24.3 Å². The lowest BCUT2D eigenvalue weighted by molar-refractivity contribution is 0.108. The molecule has 1 aliphatic rings. The molecular weight excluding hydrogens is 248 g/mol. The number of hydrogen-bond donors (Lipinski definition) is 1. The van der Waals surface area contributed by atoms with Crippen LogP contribution in [-0.2, 0) is 13.0 Å². The minimum atomic E-state index is 0.275. The summed E-state index contributed by atoms with van der Waals surface area (Å²) in [6.07, 6.45) is 1.17. The molecule has 0 unspecified atom stereocenters. The summed E-state index contributed by atoms with van der Waals surface area (Å²) in [5, 5.41) is 8.95. The summed E-state index contributed by atoms with van der Waals surface area (Å²) < 4.78 is 0. The van der Waals surface area contributed by atoms with Gasteiger partial charge in [-0.1, -0.05) is 38.1 Å². The molecule has 0 saturated carbocycles. The van der Waals surface area contributed by atoms with Crippen molar-refractivity contribution < 1.29 is 5.11 Å². The lowest BCUT2D eigenvalue weighted by Gasteiger charge is -2.34. The van der Waals surface area contributed by atoms with Crippen molar-refractivity contribution in [3.05, 3.63) is 35.4 Å². The molecule has 1 aromatic rings. The van der Waals surface area contributed by atoms with Gasteiger partial charge >= 0.3 is 0 Å². The van der Waals surface area contributed by atoms with E-state index in [-0.39, 0.29) is 6.61 Å². The van der Waals surface area contributed by atoms with Gasteiger partial charge in [-0.3, -0.25) is 9.80 Å². The molecule has 0 aromatic heterocycles. The lowest BCUT2D eigenvalue weighted by Crippen LogP contribution is -2.46. The Labute approximate surface area is 123 Å². The Balaban J connectivity index is 1.79. The zero-order chi connectivity index (χ0) is 14.4. The fourth-order valence-electron chi connectivity index (χ4n) is 2.82. The molecule has 3 nitrogen and oxygen atoms in total. The summed E-state index contributed by atoms with van der Waals surface area (Å²) >= 11 is 0. The Kier molecular flexibility index (Phi) is 6.02. The second-order valence-corrected chi connectivity index (χ2v) is 6.26. The first-order valence-electron chi connectivity index (χ1n) is 7.81. The van der Waals surface area contributed by atoms with E-state index in [9.17, 15) is 0 Å². The number of aliphatic hydroxyl groups excluding tert-OH is 1. The summed E-state index contributed by atoms with van der Waals surface area (Å²) in [5.74, 6) is 0.723. The number of nitrogens with zero attached hydrogens (tertiary/aromatic N) is 2. The van der Waals surface area contributed by atoms with Crippen LogP contribution >= 0.6 is 0 Å². The molecule has 3 heteroatoms. The van der Waals surface area contributed by atoms with Gasteiger partial charge in [0.1, 0.15) is 0 Å². The van der Waals surface area contributed by atoms with Crippen LogP contribution in [0, 0.1) is 5.92 Å². The molecule has 0 bridgehead atoms. The van der Waals surface area contributed by atoms with Gasteiger partial charge in [-0.2, -0.15) is 0 Å². The van der Waals surface area contributed by atoms with Crippen molar-refractivity contribution >= 4 is 0 Å². The predicted molar refractivity (Wildman–Crippen MR) is 83.8 cm³/mol. The van der Waals surface area contributed by atoms with Crippen molar-refractivity contribution in [2.24, 2.45) is 5.92 Å². The van der Waals surface area contributed by atoms with E-state index in [2.05, 4.69) is 47.9 Å². The number of hydrogen-bond acceptors (Lipinski definition) is 3. The topological polar surface area (TPSA) is 26.7 Å². The van der Waals surface area contributed by atoms with Gasteiger partial charge < -0.3 is 5.11 Å². The zero-order valence-corrected chi connectivity index (χ0v) is 12.9. The van der Waals surface area contributed by atoms with Crippen LogP contribution in [0.5, 0.6) is 0 Å². The molecule has 0 aliphatic carbocycles. The smallest absolute Gasteiger partial charge is 0.0558 e. The highest BCUT2D eigenvalue weighted by Gasteiger charge is 2.16. The van der Waals surface area contributed by atoms with E-state index >= 15 is 0 Å². The van der Waals surface area contributed by atoms with E-state index in [0.29, 0.717) is 0 Å². The SMILES string of the molecule is CC(C)Cc1ccc(CN2CCN(CCO)CC2)cc1. The molecule has 0 spiro atoms. The van der Waals surface area contributed by atoms with E-state index in [1.807, 2.05) is 0 Å². The van der Waals surface area contributed by atoms with Gasteiger partial charge in [0.05, 0.1) is 6.61 Å². The van der Waals surface area contributed by atoms with E-state index in [1.54, 1.807) is 0 Å². The van der Waals surface area contributed by atoms with E-state index in [4.69, 9.17) is 5.11 Å². The third-order valence-electron chi connectivity index (χ3n) is 3.95. The van der Waals surface area contributed by atoms with Gasteiger partial charge in [0, 0.05) is 39.3 Å². The summed E-state index contributed by atoms with van der Waals surface area (Å²) in [6, 6.07) is 9.10. The van der Waals surface area contributed by atoms with Crippen LogP contribution in [-0.4, -0.2) is 54.2 Å². The van der Waals surface area contributed by atoms with Gasteiger partial charge in [-0.05, 0) is 23.5 Å². The zero-order valence-electron chi connectivity index (χ0n) is 12.9. The van der Waals surface area contributed by atoms with E-state index < -0.39 is 0 Å². The maximum absolute atomic E-state index is 8.95. The molecule has 0 amide bonds. The average Bonchev–Trinajstić information content (AvgIpc) is 2.43. The molecule has 1 N–H and O–H groups in total.